The maximum atomic E-state index is 11.6. The maximum Gasteiger partial charge on any atom is 0.236 e. The predicted octanol–water partition coefficient (Wildman–Crippen LogP) is 2.41. The Labute approximate surface area is 106 Å². The molecule has 1 N–H and O–H groups in total. The summed E-state index contributed by atoms with van der Waals surface area (Å²) in [6, 6.07) is 0.567. The molecule has 1 aliphatic rings. The molecule has 0 unspecified atom stereocenters. The monoisotopic (exact) mass is 240 g/mol. The third-order valence-electron chi connectivity index (χ3n) is 3.99. The van der Waals surface area contributed by atoms with E-state index in [-0.39, 0.29) is 5.91 Å². The zero-order chi connectivity index (χ0) is 12.7. The SMILES string of the molecule is CCCC1CCC(NCC(=O)N(C)CC)CC1. The Morgan fingerprint density at radius 1 is 1.24 bits per heavy atom. The minimum atomic E-state index is 0.211. The molecule has 3 nitrogen and oxygen atoms in total. The van der Waals surface area contributed by atoms with E-state index in [1.807, 2.05) is 14.0 Å². The lowest BCUT2D eigenvalue weighted by Crippen LogP contribution is -2.41. The van der Waals surface area contributed by atoms with Crippen LogP contribution >= 0.6 is 0 Å². The van der Waals surface area contributed by atoms with E-state index in [1.165, 1.54) is 38.5 Å². The van der Waals surface area contributed by atoms with Gasteiger partial charge < -0.3 is 10.2 Å². The molecule has 100 valence electrons. The lowest BCUT2D eigenvalue weighted by molar-refractivity contribution is -0.128. The van der Waals surface area contributed by atoms with Gasteiger partial charge in [0.25, 0.3) is 0 Å². The minimum Gasteiger partial charge on any atom is -0.345 e. The highest BCUT2D eigenvalue weighted by Crippen LogP contribution is 2.27. The Kier molecular flexibility index (Phi) is 6.56. The van der Waals surface area contributed by atoms with Gasteiger partial charge in [-0.15, -0.1) is 0 Å². The summed E-state index contributed by atoms with van der Waals surface area (Å²) >= 11 is 0. The first kappa shape index (κ1) is 14.5. The van der Waals surface area contributed by atoms with Crippen LogP contribution in [0.2, 0.25) is 0 Å². The summed E-state index contributed by atoms with van der Waals surface area (Å²) in [7, 11) is 1.86. The van der Waals surface area contributed by atoms with Crippen molar-refractivity contribution in [1.82, 2.24) is 10.2 Å². The van der Waals surface area contributed by atoms with Crippen LogP contribution in [0.4, 0.5) is 0 Å². The van der Waals surface area contributed by atoms with Crippen molar-refractivity contribution in [3.8, 4) is 0 Å². The van der Waals surface area contributed by atoms with Crippen LogP contribution in [-0.4, -0.2) is 37.0 Å². The van der Waals surface area contributed by atoms with Crippen LogP contribution in [-0.2, 0) is 4.79 Å². The van der Waals surface area contributed by atoms with Gasteiger partial charge in [-0.05, 0) is 38.5 Å². The van der Waals surface area contributed by atoms with Crippen LogP contribution in [0.5, 0.6) is 0 Å². The Morgan fingerprint density at radius 2 is 1.88 bits per heavy atom. The highest BCUT2D eigenvalue weighted by molar-refractivity contribution is 5.77. The van der Waals surface area contributed by atoms with Gasteiger partial charge in [-0.2, -0.15) is 0 Å². The van der Waals surface area contributed by atoms with E-state index in [2.05, 4.69) is 12.2 Å². The summed E-state index contributed by atoms with van der Waals surface area (Å²) in [5, 5.41) is 3.41. The second-order valence-electron chi connectivity index (χ2n) is 5.30. The second-order valence-corrected chi connectivity index (χ2v) is 5.30. The van der Waals surface area contributed by atoms with Crippen molar-refractivity contribution < 1.29 is 4.79 Å². The third kappa shape index (κ3) is 5.07. The molecule has 1 rings (SSSR count). The first-order valence-electron chi connectivity index (χ1n) is 7.14. The smallest absolute Gasteiger partial charge is 0.236 e. The number of carbonyl (C=O) groups excluding carboxylic acids is 1. The van der Waals surface area contributed by atoms with Gasteiger partial charge in [-0.25, -0.2) is 0 Å². The fourth-order valence-electron chi connectivity index (χ4n) is 2.61. The number of carbonyl (C=O) groups is 1. The summed E-state index contributed by atoms with van der Waals surface area (Å²) in [5.41, 5.74) is 0. The maximum absolute atomic E-state index is 11.6. The van der Waals surface area contributed by atoms with E-state index >= 15 is 0 Å². The third-order valence-corrected chi connectivity index (χ3v) is 3.99. The molecule has 0 aromatic carbocycles. The Balaban J connectivity index is 2.16. The van der Waals surface area contributed by atoms with E-state index in [9.17, 15) is 4.79 Å². The number of rotatable bonds is 6. The van der Waals surface area contributed by atoms with Crippen molar-refractivity contribution in [1.29, 1.82) is 0 Å². The molecular weight excluding hydrogens is 212 g/mol. The van der Waals surface area contributed by atoms with Gasteiger partial charge in [0.2, 0.25) is 5.91 Å². The number of amides is 1. The molecule has 1 amide bonds. The van der Waals surface area contributed by atoms with Crippen molar-refractivity contribution >= 4 is 5.91 Å². The molecule has 0 aliphatic heterocycles. The van der Waals surface area contributed by atoms with Crippen LogP contribution in [0.1, 0.15) is 52.4 Å². The molecule has 17 heavy (non-hydrogen) atoms. The molecule has 1 fully saturated rings. The van der Waals surface area contributed by atoms with Crippen molar-refractivity contribution in [3.05, 3.63) is 0 Å². The molecule has 0 aromatic heterocycles. The zero-order valence-electron chi connectivity index (χ0n) is 11.7. The number of hydrogen-bond donors (Lipinski definition) is 1. The summed E-state index contributed by atoms with van der Waals surface area (Å²) < 4.78 is 0. The van der Waals surface area contributed by atoms with Gasteiger partial charge in [-0.3, -0.25) is 4.79 Å². The lowest BCUT2D eigenvalue weighted by Gasteiger charge is -2.29. The molecular formula is C14H28N2O. The first-order chi connectivity index (χ1) is 8.17. The topological polar surface area (TPSA) is 32.3 Å². The van der Waals surface area contributed by atoms with Gasteiger partial charge in [0.15, 0.2) is 0 Å². The number of nitrogens with zero attached hydrogens (tertiary/aromatic N) is 1. The lowest BCUT2D eigenvalue weighted by atomic mass is 9.83. The summed E-state index contributed by atoms with van der Waals surface area (Å²) in [6.45, 7) is 5.58. The van der Waals surface area contributed by atoms with Crippen molar-refractivity contribution in [3.63, 3.8) is 0 Å². The number of nitrogens with one attached hydrogen (secondary N) is 1. The first-order valence-corrected chi connectivity index (χ1v) is 7.14. The van der Waals surface area contributed by atoms with Gasteiger partial charge in [0.1, 0.15) is 0 Å². The predicted molar refractivity (Wildman–Crippen MR) is 72.0 cm³/mol. The van der Waals surface area contributed by atoms with E-state index in [0.29, 0.717) is 12.6 Å². The van der Waals surface area contributed by atoms with Crippen molar-refractivity contribution in [2.75, 3.05) is 20.1 Å². The Bertz CT molecular complexity index is 222. The standard InChI is InChI=1S/C14H28N2O/c1-4-6-12-7-9-13(10-8-12)15-11-14(17)16(3)5-2/h12-13,15H,4-11H2,1-3H3. The van der Waals surface area contributed by atoms with Gasteiger partial charge in [0, 0.05) is 19.6 Å². The molecule has 0 radical (unpaired) electrons. The normalized spacial score (nSPS) is 24.6. The molecule has 3 heteroatoms. The summed E-state index contributed by atoms with van der Waals surface area (Å²) in [4.78, 5) is 13.4. The highest BCUT2D eigenvalue weighted by atomic mass is 16.2. The largest absolute Gasteiger partial charge is 0.345 e. The number of hydrogen-bond acceptors (Lipinski definition) is 2. The van der Waals surface area contributed by atoms with Gasteiger partial charge in [-0.1, -0.05) is 19.8 Å². The van der Waals surface area contributed by atoms with Gasteiger partial charge >= 0.3 is 0 Å². The van der Waals surface area contributed by atoms with Gasteiger partial charge in [0.05, 0.1) is 6.54 Å². The Hall–Kier alpha value is -0.570. The molecule has 0 heterocycles. The summed E-state index contributed by atoms with van der Waals surface area (Å²) in [6.07, 6.45) is 7.85. The molecule has 0 saturated heterocycles. The molecule has 1 saturated carbocycles. The van der Waals surface area contributed by atoms with E-state index < -0.39 is 0 Å². The highest BCUT2D eigenvalue weighted by Gasteiger charge is 2.20. The van der Waals surface area contributed by atoms with Crippen LogP contribution in [0.3, 0.4) is 0 Å². The quantitative estimate of drug-likeness (QED) is 0.773. The van der Waals surface area contributed by atoms with Crippen LogP contribution < -0.4 is 5.32 Å². The molecule has 0 spiro atoms. The van der Waals surface area contributed by atoms with Crippen LogP contribution in [0.25, 0.3) is 0 Å². The second kappa shape index (κ2) is 7.70. The van der Waals surface area contributed by atoms with Crippen molar-refractivity contribution in [2.24, 2.45) is 5.92 Å². The van der Waals surface area contributed by atoms with Crippen molar-refractivity contribution in [2.45, 2.75) is 58.4 Å². The van der Waals surface area contributed by atoms with E-state index in [1.54, 1.807) is 4.90 Å². The fourth-order valence-corrected chi connectivity index (χ4v) is 2.61. The molecule has 0 atom stereocenters. The Morgan fingerprint density at radius 3 is 2.41 bits per heavy atom. The fraction of sp³-hybridized carbons (Fsp3) is 0.929. The minimum absolute atomic E-state index is 0.211. The molecule has 1 aliphatic carbocycles. The van der Waals surface area contributed by atoms with Crippen LogP contribution in [0.15, 0.2) is 0 Å². The summed E-state index contributed by atoms with van der Waals surface area (Å²) in [5.74, 6) is 1.15. The number of likely N-dealkylation sites (N-methyl/N-ethyl adjacent to an activating group) is 1. The van der Waals surface area contributed by atoms with E-state index in [0.717, 1.165) is 12.5 Å². The molecule has 0 aromatic rings. The molecule has 0 bridgehead atoms. The van der Waals surface area contributed by atoms with Crippen LogP contribution in [0, 0.1) is 5.92 Å². The average molecular weight is 240 g/mol. The van der Waals surface area contributed by atoms with E-state index in [4.69, 9.17) is 0 Å². The zero-order valence-corrected chi connectivity index (χ0v) is 11.7. The average Bonchev–Trinajstić information content (AvgIpc) is 2.37.